The number of methoxy groups -OCH3 is 1. The first-order chi connectivity index (χ1) is 13.2. The normalized spacial score (nSPS) is 17.2. The molecule has 7 nitrogen and oxygen atoms in total. The first kappa shape index (κ1) is 20.7. The number of allylic oxidation sites excluding steroid dienone is 1. The lowest BCUT2D eigenvalue weighted by Crippen LogP contribution is -2.28. The van der Waals surface area contributed by atoms with Crippen molar-refractivity contribution in [1.82, 2.24) is 4.57 Å². The summed E-state index contributed by atoms with van der Waals surface area (Å²) in [5.41, 5.74) is 1.21. The predicted molar refractivity (Wildman–Crippen MR) is 110 cm³/mol. The van der Waals surface area contributed by atoms with E-state index in [2.05, 4.69) is 15.9 Å². The van der Waals surface area contributed by atoms with Gasteiger partial charge in [-0.15, -0.1) is 0 Å². The van der Waals surface area contributed by atoms with Crippen molar-refractivity contribution in [1.29, 1.82) is 0 Å². The molecule has 2 unspecified atom stereocenters. The number of nitrogens with zero attached hydrogens (tertiary/aromatic N) is 1. The van der Waals surface area contributed by atoms with Crippen molar-refractivity contribution in [3.05, 3.63) is 51.8 Å². The highest BCUT2D eigenvalue weighted by Gasteiger charge is 2.29. The Morgan fingerprint density at radius 3 is 2.75 bits per heavy atom. The largest absolute Gasteiger partial charge is 0.493 e. The zero-order valence-electron chi connectivity index (χ0n) is 15.8. The summed E-state index contributed by atoms with van der Waals surface area (Å²) in [4.78, 5) is 12.7. The van der Waals surface area contributed by atoms with E-state index < -0.39 is 21.6 Å². The lowest BCUT2D eigenvalue weighted by atomic mass is 10.0. The Morgan fingerprint density at radius 2 is 2.11 bits per heavy atom. The Kier molecular flexibility index (Phi) is 6.04. The number of sulfone groups is 1. The van der Waals surface area contributed by atoms with E-state index >= 15 is 0 Å². The highest BCUT2D eigenvalue weighted by molar-refractivity contribution is 9.09. The summed E-state index contributed by atoms with van der Waals surface area (Å²) in [6, 6.07) is 4.40. The molecule has 0 aliphatic heterocycles. The van der Waals surface area contributed by atoms with Crippen LogP contribution in [-0.4, -0.2) is 43.5 Å². The third kappa shape index (κ3) is 4.35. The van der Waals surface area contributed by atoms with E-state index in [1.54, 1.807) is 24.3 Å². The molecular formula is C19H22BrNO6S. The van der Waals surface area contributed by atoms with Crippen molar-refractivity contribution >= 4 is 31.8 Å². The number of halogens is 1. The lowest BCUT2D eigenvalue weighted by molar-refractivity contribution is 0.310. The average molecular weight is 472 g/mol. The number of ether oxygens (including phenoxy) is 2. The van der Waals surface area contributed by atoms with Crippen LogP contribution in [0.25, 0.3) is 6.08 Å². The molecule has 0 saturated heterocycles. The molecule has 9 heteroatoms. The molecule has 28 heavy (non-hydrogen) atoms. The molecule has 0 bridgehead atoms. The quantitative estimate of drug-likeness (QED) is 0.576. The van der Waals surface area contributed by atoms with Crippen molar-refractivity contribution in [2.45, 2.75) is 24.2 Å². The topological polar surface area (TPSA) is 87.7 Å². The average Bonchev–Trinajstić information content (AvgIpc) is 2.94. The summed E-state index contributed by atoms with van der Waals surface area (Å²) < 4.78 is 42.0. The second-order valence-electron chi connectivity index (χ2n) is 6.58. The monoisotopic (exact) mass is 471 g/mol. The van der Waals surface area contributed by atoms with E-state index in [1.807, 2.05) is 13.0 Å². The number of hydrogen-bond acceptors (Lipinski definition) is 6. The van der Waals surface area contributed by atoms with Gasteiger partial charge in [0.2, 0.25) is 0 Å². The highest BCUT2D eigenvalue weighted by Crippen LogP contribution is 2.34. The number of aromatic nitrogens is 1. The molecule has 2 aromatic rings. The molecule has 0 spiro atoms. The van der Waals surface area contributed by atoms with Gasteiger partial charge in [-0.05, 0) is 30.7 Å². The Hall–Kier alpha value is -2.00. The van der Waals surface area contributed by atoms with Crippen LogP contribution in [0.1, 0.15) is 30.0 Å². The number of fused-ring (bicyclic) bond motifs is 1. The minimum absolute atomic E-state index is 0.0675. The summed E-state index contributed by atoms with van der Waals surface area (Å²) in [7, 11) is -1.87. The van der Waals surface area contributed by atoms with Crippen LogP contribution in [0.5, 0.6) is 11.5 Å². The SMILES string of the molecule is CCOc1cc(C(CS(C)(=O)=O)n2c3c(oc2=O)CC(Br)C=C3)ccc1OC. The van der Waals surface area contributed by atoms with Crippen LogP contribution >= 0.6 is 15.9 Å². The van der Waals surface area contributed by atoms with Crippen molar-refractivity contribution < 1.29 is 22.3 Å². The fraction of sp³-hybridized carbons (Fsp3) is 0.421. The fourth-order valence-electron chi connectivity index (χ4n) is 3.27. The van der Waals surface area contributed by atoms with Crippen LogP contribution in [0.15, 0.2) is 33.5 Å². The number of rotatable bonds is 7. The molecule has 1 aromatic carbocycles. The number of hydrogen-bond donors (Lipinski definition) is 0. The second-order valence-corrected chi connectivity index (χ2v) is 9.94. The van der Waals surface area contributed by atoms with E-state index in [4.69, 9.17) is 13.9 Å². The smallest absolute Gasteiger partial charge is 0.420 e. The van der Waals surface area contributed by atoms with Crippen molar-refractivity contribution in [2.75, 3.05) is 25.7 Å². The molecule has 2 atom stereocenters. The van der Waals surface area contributed by atoms with Crippen LogP contribution in [0.3, 0.4) is 0 Å². The van der Waals surface area contributed by atoms with E-state index in [0.717, 1.165) is 6.26 Å². The third-order valence-corrected chi connectivity index (χ3v) is 5.99. The summed E-state index contributed by atoms with van der Waals surface area (Å²) in [5, 5.41) is 0. The summed E-state index contributed by atoms with van der Waals surface area (Å²) in [6.07, 6.45) is 5.36. The van der Waals surface area contributed by atoms with Crippen LogP contribution in [0, 0.1) is 0 Å². The van der Waals surface area contributed by atoms with Gasteiger partial charge in [0.05, 0.1) is 31.2 Å². The number of oxazole rings is 1. The lowest BCUT2D eigenvalue weighted by Gasteiger charge is -2.21. The molecule has 1 aliphatic carbocycles. The van der Waals surface area contributed by atoms with E-state index in [1.165, 1.54) is 11.7 Å². The fourth-order valence-corrected chi connectivity index (χ4v) is 4.63. The minimum atomic E-state index is -3.40. The first-order valence-electron chi connectivity index (χ1n) is 8.78. The van der Waals surface area contributed by atoms with Gasteiger partial charge in [-0.3, -0.25) is 4.57 Å². The van der Waals surface area contributed by atoms with Crippen molar-refractivity contribution in [3.63, 3.8) is 0 Å². The maximum Gasteiger partial charge on any atom is 0.420 e. The maximum absolute atomic E-state index is 12.6. The van der Waals surface area contributed by atoms with E-state index in [-0.39, 0.29) is 10.6 Å². The molecule has 1 aliphatic rings. The summed E-state index contributed by atoms with van der Waals surface area (Å²) >= 11 is 3.48. The number of benzene rings is 1. The Labute approximate surface area is 172 Å². The molecule has 3 rings (SSSR count). The highest BCUT2D eigenvalue weighted by atomic mass is 79.9. The van der Waals surface area contributed by atoms with Crippen LogP contribution in [0.2, 0.25) is 0 Å². The van der Waals surface area contributed by atoms with Crippen molar-refractivity contribution in [2.24, 2.45) is 0 Å². The Morgan fingerprint density at radius 1 is 1.36 bits per heavy atom. The van der Waals surface area contributed by atoms with Gasteiger partial charge < -0.3 is 13.9 Å². The van der Waals surface area contributed by atoms with Gasteiger partial charge in [0.25, 0.3) is 0 Å². The zero-order valence-corrected chi connectivity index (χ0v) is 18.2. The second kappa shape index (κ2) is 8.16. The molecule has 1 aromatic heterocycles. The number of alkyl halides is 1. The summed E-state index contributed by atoms with van der Waals surface area (Å²) in [5.74, 6) is 0.724. The minimum Gasteiger partial charge on any atom is -0.493 e. The molecule has 0 fully saturated rings. The van der Waals surface area contributed by atoms with Crippen molar-refractivity contribution in [3.8, 4) is 11.5 Å². The van der Waals surface area contributed by atoms with E-state index in [0.29, 0.717) is 41.5 Å². The predicted octanol–water partition coefficient (Wildman–Crippen LogP) is 2.82. The molecule has 1 heterocycles. The molecule has 152 valence electrons. The van der Waals surface area contributed by atoms with Gasteiger partial charge in [-0.25, -0.2) is 13.2 Å². The third-order valence-electron chi connectivity index (χ3n) is 4.44. The van der Waals surface area contributed by atoms with Crippen LogP contribution in [-0.2, 0) is 16.3 Å². The first-order valence-corrected chi connectivity index (χ1v) is 11.8. The van der Waals surface area contributed by atoms with Gasteiger partial charge in [-0.1, -0.05) is 28.1 Å². The van der Waals surface area contributed by atoms with Gasteiger partial charge in [0.15, 0.2) is 11.5 Å². The van der Waals surface area contributed by atoms with Gasteiger partial charge >= 0.3 is 5.76 Å². The Bertz CT molecular complexity index is 1050. The molecular weight excluding hydrogens is 450 g/mol. The van der Waals surface area contributed by atoms with Crippen LogP contribution in [0.4, 0.5) is 0 Å². The molecule has 0 radical (unpaired) electrons. The van der Waals surface area contributed by atoms with Gasteiger partial charge in [-0.2, -0.15) is 0 Å². The molecule has 0 saturated carbocycles. The maximum atomic E-state index is 12.6. The van der Waals surface area contributed by atoms with Gasteiger partial charge in [0.1, 0.15) is 15.6 Å². The molecule has 0 amide bonds. The van der Waals surface area contributed by atoms with Gasteiger partial charge in [0, 0.05) is 17.5 Å². The van der Waals surface area contributed by atoms with E-state index in [9.17, 15) is 13.2 Å². The van der Waals surface area contributed by atoms with Crippen LogP contribution < -0.4 is 15.2 Å². The standard InChI is InChI=1S/C19H22BrNO6S/c1-4-26-18-9-12(5-8-16(18)25-2)15(11-28(3,23)24)21-14-7-6-13(20)10-17(14)27-19(21)22/h5-9,13,15H,4,10-11H2,1-3H3. The molecule has 0 N–H and O–H groups in total. The Balaban J connectivity index is 2.17. The summed E-state index contributed by atoms with van der Waals surface area (Å²) in [6.45, 7) is 2.27. The zero-order chi connectivity index (χ0) is 20.5.